The number of nitrogens with one attached hydrogen (secondary N) is 1. The van der Waals surface area contributed by atoms with Crippen LogP contribution in [0.15, 0.2) is 34.6 Å². The maximum Gasteiger partial charge on any atom is 0.225 e. The lowest BCUT2D eigenvalue weighted by Gasteiger charge is -2.12. The van der Waals surface area contributed by atoms with Crippen molar-refractivity contribution in [3.05, 3.63) is 34.7 Å². The fourth-order valence-electron chi connectivity index (χ4n) is 2.09. The normalized spacial score (nSPS) is 19.6. The predicted molar refractivity (Wildman–Crippen MR) is 87.5 cm³/mol. The molecule has 0 aliphatic carbocycles. The van der Waals surface area contributed by atoms with Gasteiger partial charge in [0.1, 0.15) is 0 Å². The first-order valence-electron chi connectivity index (χ1n) is 6.53. The van der Waals surface area contributed by atoms with Gasteiger partial charge in [-0.15, -0.1) is 11.8 Å². The summed E-state index contributed by atoms with van der Waals surface area (Å²) in [5.74, 6) is 0.430. The summed E-state index contributed by atoms with van der Waals surface area (Å²) < 4.78 is 22.7. The lowest BCUT2D eigenvalue weighted by molar-refractivity contribution is -0.116. The number of hydrogen-bond acceptors (Lipinski definition) is 4. The van der Waals surface area contributed by atoms with Crippen LogP contribution in [0, 0.1) is 5.92 Å². The van der Waals surface area contributed by atoms with Crippen molar-refractivity contribution in [1.82, 2.24) is 0 Å². The summed E-state index contributed by atoms with van der Waals surface area (Å²) in [4.78, 5) is 13.0. The second-order valence-corrected chi connectivity index (χ2v) is 8.42. The van der Waals surface area contributed by atoms with Crippen LogP contribution in [-0.2, 0) is 14.6 Å². The smallest absolute Gasteiger partial charge is 0.225 e. The number of anilines is 1. The third kappa shape index (κ3) is 4.76. The van der Waals surface area contributed by atoms with E-state index in [2.05, 4.69) is 5.32 Å². The number of amides is 1. The monoisotopic (exact) mass is 345 g/mol. The molecule has 1 aromatic carbocycles. The van der Waals surface area contributed by atoms with Gasteiger partial charge in [-0.3, -0.25) is 4.79 Å². The molecule has 0 radical (unpaired) electrons. The van der Waals surface area contributed by atoms with E-state index in [4.69, 9.17) is 11.6 Å². The maximum absolute atomic E-state index is 12.1. The summed E-state index contributed by atoms with van der Waals surface area (Å²) >= 11 is 7.57. The Hall–Kier alpha value is -0.980. The van der Waals surface area contributed by atoms with Gasteiger partial charge in [0.15, 0.2) is 9.84 Å². The summed E-state index contributed by atoms with van der Waals surface area (Å²) in [7, 11) is -3.12. The lowest BCUT2D eigenvalue weighted by Crippen LogP contribution is -2.18. The topological polar surface area (TPSA) is 63.2 Å². The zero-order valence-electron chi connectivity index (χ0n) is 11.5. The third-order valence-electron chi connectivity index (χ3n) is 2.97. The number of hydrogen-bond donors (Lipinski definition) is 1. The number of carbonyl (C=O) groups excluding carboxylic acids is 1. The van der Waals surface area contributed by atoms with Gasteiger partial charge in [-0.2, -0.15) is 0 Å². The first-order chi connectivity index (χ1) is 9.89. The van der Waals surface area contributed by atoms with E-state index in [1.54, 1.807) is 30.0 Å². The Morgan fingerprint density at radius 1 is 1.48 bits per heavy atom. The van der Waals surface area contributed by atoms with Crippen molar-refractivity contribution in [1.29, 1.82) is 0 Å². The van der Waals surface area contributed by atoms with Gasteiger partial charge < -0.3 is 5.32 Å². The molecule has 1 aliphatic heterocycles. The molecule has 2 rings (SSSR count). The van der Waals surface area contributed by atoms with Gasteiger partial charge in [0.25, 0.3) is 0 Å². The van der Waals surface area contributed by atoms with E-state index >= 15 is 0 Å². The Labute approximate surface area is 133 Å². The molecule has 1 atom stereocenters. The van der Waals surface area contributed by atoms with Crippen molar-refractivity contribution in [3.63, 3.8) is 0 Å². The van der Waals surface area contributed by atoms with Crippen LogP contribution in [0.1, 0.15) is 13.3 Å². The largest absolute Gasteiger partial charge is 0.325 e. The Morgan fingerprint density at radius 3 is 2.86 bits per heavy atom. The quantitative estimate of drug-likeness (QED) is 0.831. The van der Waals surface area contributed by atoms with Crippen LogP contribution in [0.4, 0.5) is 5.69 Å². The molecule has 1 N–H and O–H groups in total. The second-order valence-electron chi connectivity index (χ2n) is 4.74. The number of carbonyl (C=O) groups is 1. The molecule has 1 amide bonds. The molecule has 0 fully saturated rings. The van der Waals surface area contributed by atoms with E-state index in [0.29, 0.717) is 10.7 Å². The van der Waals surface area contributed by atoms with Gasteiger partial charge in [0.2, 0.25) is 5.91 Å². The van der Waals surface area contributed by atoms with Crippen molar-refractivity contribution in [3.8, 4) is 0 Å². The Bertz CT molecular complexity index is 671. The predicted octanol–water partition coefficient (Wildman–Crippen LogP) is 3.34. The number of rotatable bonds is 5. The van der Waals surface area contributed by atoms with E-state index in [1.165, 1.54) is 5.41 Å². The molecule has 0 bridgehead atoms. The highest BCUT2D eigenvalue weighted by Gasteiger charge is 2.24. The molecule has 21 heavy (non-hydrogen) atoms. The summed E-state index contributed by atoms with van der Waals surface area (Å²) in [5, 5.41) is 4.55. The van der Waals surface area contributed by atoms with Gasteiger partial charge >= 0.3 is 0 Å². The first-order valence-corrected chi connectivity index (χ1v) is 9.60. The zero-order chi connectivity index (χ0) is 15.5. The molecule has 0 saturated carbocycles. The van der Waals surface area contributed by atoms with E-state index in [1.807, 2.05) is 13.0 Å². The number of thioether (sulfide) groups is 1. The molecule has 4 nitrogen and oxygen atoms in total. The van der Waals surface area contributed by atoms with Crippen molar-refractivity contribution >= 4 is 44.8 Å². The fourth-order valence-corrected chi connectivity index (χ4v) is 4.40. The second kappa shape index (κ2) is 6.85. The van der Waals surface area contributed by atoms with Crippen LogP contribution in [-0.4, -0.2) is 25.8 Å². The van der Waals surface area contributed by atoms with Crippen LogP contribution in [0.3, 0.4) is 0 Å². The molecule has 0 aromatic heterocycles. The minimum atomic E-state index is -3.12. The molecule has 0 spiro atoms. The highest BCUT2D eigenvalue weighted by atomic mass is 35.5. The summed E-state index contributed by atoms with van der Waals surface area (Å²) in [6, 6.07) is 5.35. The Morgan fingerprint density at radius 2 is 2.24 bits per heavy atom. The number of allylic oxidation sites excluding steroid dienone is 1. The van der Waals surface area contributed by atoms with Crippen molar-refractivity contribution in [2.75, 3.05) is 16.8 Å². The van der Waals surface area contributed by atoms with Crippen LogP contribution in [0.25, 0.3) is 0 Å². The molecule has 1 aromatic rings. The van der Waals surface area contributed by atoms with E-state index in [9.17, 15) is 13.2 Å². The lowest BCUT2D eigenvalue weighted by atomic mass is 10.1. The molecular formula is C14H16ClNO3S2. The van der Waals surface area contributed by atoms with Crippen molar-refractivity contribution < 1.29 is 13.2 Å². The van der Waals surface area contributed by atoms with Crippen LogP contribution in [0.5, 0.6) is 0 Å². The third-order valence-corrected chi connectivity index (χ3v) is 5.62. The number of halogens is 1. The van der Waals surface area contributed by atoms with Gasteiger partial charge in [0, 0.05) is 27.7 Å². The van der Waals surface area contributed by atoms with Crippen LogP contribution in [0.2, 0.25) is 5.02 Å². The maximum atomic E-state index is 12.1. The van der Waals surface area contributed by atoms with Gasteiger partial charge in [-0.25, -0.2) is 8.42 Å². The highest BCUT2D eigenvalue weighted by Crippen LogP contribution is 2.30. The van der Waals surface area contributed by atoms with Crippen LogP contribution < -0.4 is 5.32 Å². The molecule has 1 heterocycles. The van der Waals surface area contributed by atoms with Gasteiger partial charge in [-0.1, -0.05) is 24.6 Å². The Balaban J connectivity index is 2.03. The van der Waals surface area contributed by atoms with Crippen molar-refractivity contribution in [2.24, 2.45) is 5.92 Å². The van der Waals surface area contributed by atoms with Gasteiger partial charge in [0.05, 0.1) is 11.4 Å². The molecule has 0 saturated heterocycles. The highest BCUT2D eigenvalue weighted by molar-refractivity contribution is 7.99. The summed E-state index contributed by atoms with van der Waals surface area (Å²) in [6.07, 6.45) is 1.73. The standard InChI is InChI=1S/C14H16ClNO3S2/c1-2-20-13-4-3-11(15)8-12(13)16-14(17)7-10-5-6-21(18,19)9-10/h3-6,8,10H,2,7,9H2,1H3,(H,16,17)/t10-/m1/s1. The molecule has 0 unspecified atom stereocenters. The summed E-state index contributed by atoms with van der Waals surface area (Å²) in [6.45, 7) is 2.03. The minimum Gasteiger partial charge on any atom is -0.325 e. The molecular weight excluding hydrogens is 330 g/mol. The number of sulfone groups is 1. The van der Waals surface area contributed by atoms with E-state index in [0.717, 1.165) is 10.6 Å². The fraction of sp³-hybridized carbons (Fsp3) is 0.357. The number of benzene rings is 1. The average Bonchev–Trinajstić information content (AvgIpc) is 2.72. The molecule has 114 valence electrons. The molecule has 1 aliphatic rings. The minimum absolute atomic E-state index is 0.00648. The van der Waals surface area contributed by atoms with Crippen LogP contribution >= 0.6 is 23.4 Å². The van der Waals surface area contributed by atoms with Gasteiger partial charge in [-0.05, 0) is 24.0 Å². The first kappa shape index (κ1) is 16.4. The molecule has 7 heteroatoms. The SMILES string of the molecule is CCSc1ccc(Cl)cc1NC(=O)C[C@H]1C=CS(=O)(=O)C1. The van der Waals surface area contributed by atoms with E-state index < -0.39 is 9.84 Å². The zero-order valence-corrected chi connectivity index (χ0v) is 13.9. The van der Waals surface area contributed by atoms with Crippen molar-refractivity contribution in [2.45, 2.75) is 18.2 Å². The Kier molecular flexibility index (Phi) is 5.35. The summed E-state index contributed by atoms with van der Waals surface area (Å²) in [5.41, 5.74) is 0.671. The average molecular weight is 346 g/mol. The van der Waals surface area contributed by atoms with E-state index in [-0.39, 0.29) is 24.0 Å².